The van der Waals surface area contributed by atoms with Crippen LogP contribution >= 0.6 is 0 Å². The summed E-state index contributed by atoms with van der Waals surface area (Å²) in [6.45, 7) is 0.952. The summed E-state index contributed by atoms with van der Waals surface area (Å²) in [6, 6.07) is 5.19. The normalized spacial score (nSPS) is 15.8. The fourth-order valence-electron chi connectivity index (χ4n) is 3.40. The van der Waals surface area contributed by atoms with Crippen LogP contribution in [0.3, 0.4) is 0 Å². The van der Waals surface area contributed by atoms with E-state index in [1.165, 1.54) is 22.8 Å². The standard InChI is InChI=1S/C19H20F3N3O2/c1-24-11-8-23-17(18(24)27)25-9-6-13(7-10-25)16(26)12-14-4-2-3-5-15(14)19(20,21)22/h2-5,8,11,13H,6-7,9-10,12H2,1H3. The van der Waals surface area contributed by atoms with Gasteiger partial charge in [-0.1, -0.05) is 18.2 Å². The molecular weight excluding hydrogens is 359 g/mol. The number of aromatic nitrogens is 2. The van der Waals surface area contributed by atoms with Gasteiger partial charge in [-0.2, -0.15) is 13.2 Å². The first kappa shape index (κ1) is 19.1. The van der Waals surface area contributed by atoms with Crippen molar-refractivity contribution in [3.63, 3.8) is 0 Å². The van der Waals surface area contributed by atoms with E-state index in [1.54, 1.807) is 19.4 Å². The molecule has 144 valence electrons. The van der Waals surface area contributed by atoms with Gasteiger partial charge in [0.15, 0.2) is 5.82 Å². The van der Waals surface area contributed by atoms with Crippen molar-refractivity contribution < 1.29 is 18.0 Å². The molecule has 0 spiro atoms. The van der Waals surface area contributed by atoms with E-state index < -0.39 is 11.7 Å². The van der Waals surface area contributed by atoms with Gasteiger partial charge in [-0.05, 0) is 24.5 Å². The monoisotopic (exact) mass is 379 g/mol. The second kappa shape index (κ2) is 7.54. The third-order valence-electron chi connectivity index (χ3n) is 4.94. The quantitative estimate of drug-likeness (QED) is 0.820. The van der Waals surface area contributed by atoms with Crippen molar-refractivity contribution in [2.24, 2.45) is 13.0 Å². The number of halogens is 3. The first-order chi connectivity index (χ1) is 12.8. The van der Waals surface area contributed by atoms with Crippen molar-refractivity contribution in [3.05, 3.63) is 58.1 Å². The fraction of sp³-hybridized carbons (Fsp3) is 0.421. The highest BCUT2D eigenvalue weighted by Gasteiger charge is 2.34. The molecule has 0 amide bonds. The molecule has 0 aliphatic carbocycles. The molecule has 1 aliphatic heterocycles. The average Bonchev–Trinajstić information content (AvgIpc) is 2.64. The lowest BCUT2D eigenvalue weighted by Crippen LogP contribution is -2.40. The molecule has 8 heteroatoms. The molecule has 0 N–H and O–H groups in total. The second-order valence-electron chi connectivity index (χ2n) is 6.73. The van der Waals surface area contributed by atoms with Crippen LogP contribution in [-0.2, 0) is 24.4 Å². The third-order valence-corrected chi connectivity index (χ3v) is 4.94. The molecule has 1 aromatic heterocycles. The Morgan fingerprint density at radius 1 is 1.22 bits per heavy atom. The summed E-state index contributed by atoms with van der Waals surface area (Å²) in [6.07, 6.45) is -0.604. The van der Waals surface area contributed by atoms with Gasteiger partial charge in [0, 0.05) is 44.9 Å². The minimum Gasteiger partial charge on any atom is -0.352 e. The molecule has 2 heterocycles. The smallest absolute Gasteiger partial charge is 0.352 e. The van der Waals surface area contributed by atoms with Gasteiger partial charge in [-0.15, -0.1) is 0 Å². The van der Waals surface area contributed by atoms with Crippen molar-refractivity contribution in [1.82, 2.24) is 9.55 Å². The number of aryl methyl sites for hydroxylation is 1. The van der Waals surface area contributed by atoms with Crippen LogP contribution in [0, 0.1) is 5.92 Å². The largest absolute Gasteiger partial charge is 0.416 e. The summed E-state index contributed by atoms with van der Waals surface area (Å²) in [5, 5.41) is 0. The molecule has 0 saturated carbocycles. The molecule has 1 saturated heterocycles. The Kier molecular flexibility index (Phi) is 5.34. The van der Waals surface area contributed by atoms with Gasteiger partial charge in [-0.25, -0.2) is 4.98 Å². The molecule has 27 heavy (non-hydrogen) atoms. The number of hydrogen-bond donors (Lipinski definition) is 0. The van der Waals surface area contributed by atoms with Crippen molar-refractivity contribution in [1.29, 1.82) is 0 Å². The molecule has 1 fully saturated rings. The zero-order valence-corrected chi connectivity index (χ0v) is 14.9. The predicted molar refractivity (Wildman–Crippen MR) is 94.6 cm³/mol. The maximum atomic E-state index is 13.1. The highest BCUT2D eigenvalue weighted by atomic mass is 19.4. The molecule has 0 atom stereocenters. The van der Waals surface area contributed by atoms with Gasteiger partial charge in [0.1, 0.15) is 5.78 Å². The lowest BCUT2D eigenvalue weighted by molar-refractivity contribution is -0.138. The summed E-state index contributed by atoms with van der Waals surface area (Å²) < 4.78 is 40.7. The van der Waals surface area contributed by atoms with Crippen molar-refractivity contribution in [2.45, 2.75) is 25.4 Å². The van der Waals surface area contributed by atoms with E-state index in [2.05, 4.69) is 4.98 Å². The minimum absolute atomic E-state index is 0.0102. The van der Waals surface area contributed by atoms with Gasteiger partial charge in [0.05, 0.1) is 5.56 Å². The number of ketones is 1. The topological polar surface area (TPSA) is 55.2 Å². The Morgan fingerprint density at radius 3 is 2.56 bits per heavy atom. The van der Waals surface area contributed by atoms with Crippen LogP contribution in [0.4, 0.5) is 19.0 Å². The van der Waals surface area contributed by atoms with Gasteiger partial charge >= 0.3 is 6.18 Å². The highest BCUT2D eigenvalue weighted by Crippen LogP contribution is 2.33. The molecule has 1 aliphatic rings. The second-order valence-corrected chi connectivity index (χ2v) is 6.73. The molecule has 3 rings (SSSR count). The number of alkyl halides is 3. The summed E-state index contributed by atoms with van der Waals surface area (Å²) in [7, 11) is 1.64. The third kappa shape index (κ3) is 4.20. The molecule has 1 aromatic carbocycles. The summed E-state index contributed by atoms with van der Waals surface area (Å²) in [5.41, 5.74) is -0.954. The maximum Gasteiger partial charge on any atom is 0.416 e. The number of carbonyl (C=O) groups excluding carboxylic acids is 1. The average molecular weight is 379 g/mol. The number of carbonyl (C=O) groups is 1. The molecular formula is C19H20F3N3O2. The number of nitrogens with zero attached hydrogens (tertiary/aromatic N) is 3. The predicted octanol–water partition coefficient (Wildman–Crippen LogP) is 2.83. The minimum atomic E-state index is -4.47. The van der Waals surface area contributed by atoms with Crippen molar-refractivity contribution in [2.75, 3.05) is 18.0 Å². The highest BCUT2D eigenvalue weighted by molar-refractivity contribution is 5.84. The van der Waals surface area contributed by atoms with Crippen LogP contribution in [0.15, 0.2) is 41.5 Å². The summed E-state index contributed by atoms with van der Waals surface area (Å²) in [5.74, 6) is -0.163. The van der Waals surface area contributed by atoms with E-state index in [1.807, 2.05) is 4.90 Å². The first-order valence-electron chi connectivity index (χ1n) is 8.72. The van der Waals surface area contributed by atoms with E-state index in [-0.39, 0.29) is 29.2 Å². The Bertz CT molecular complexity index is 884. The number of rotatable bonds is 4. The SMILES string of the molecule is Cn1ccnc(N2CCC(C(=O)Cc3ccccc3C(F)(F)F)CC2)c1=O. The Labute approximate surface area is 154 Å². The molecule has 0 radical (unpaired) electrons. The number of Topliss-reactive ketones (excluding diaryl/α,β-unsaturated/α-hetero) is 1. The summed E-state index contributed by atoms with van der Waals surface area (Å²) >= 11 is 0. The van der Waals surface area contributed by atoms with E-state index in [4.69, 9.17) is 0 Å². The lowest BCUT2D eigenvalue weighted by atomic mass is 9.88. The van der Waals surface area contributed by atoms with Crippen LogP contribution in [0.5, 0.6) is 0 Å². The summed E-state index contributed by atoms with van der Waals surface area (Å²) in [4.78, 5) is 30.6. The Hall–Kier alpha value is -2.64. The van der Waals surface area contributed by atoms with Crippen LogP contribution in [0.25, 0.3) is 0 Å². The van der Waals surface area contributed by atoms with Crippen LogP contribution < -0.4 is 10.5 Å². The molecule has 5 nitrogen and oxygen atoms in total. The Morgan fingerprint density at radius 2 is 1.89 bits per heavy atom. The number of benzene rings is 1. The van der Waals surface area contributed by atoms with Crippen molar-refractivity contribution >= 4 is 11.6 Å². The zero-order valence-electron chi connectivity index (χ0n) is 14.9. The van der Waals surface area contributed by atoms with Crippen LogP contribution in [0.2, 0.25) is 0 Å². The lowest BCUT2D eigenvalue weighted by Gasteiger charge is -2.31. The fourth-order valence-corrected chi connectivity index (χ4v) is 3.40. The van der Waals surface area contributed by atoms with E-state index in [9.17, 15) is 22.8 Å². The Balaban J connectivity index is 1.66. The van der Waals surface area contributed by atoms with Gasteiger partial charge in [-0.3, -0.25) is 9.59 Å². The van der Waals surface area contributed by atoms with E-state index in [0.29, 0.717) is 31.7 Å². The number of hydrogen-bond acceptors (Lipinski definition) is 4. The maximum absolute atomic E-state index is 13.1. The van der Waals surface area contributed by atoms with Crippen LogP contribution in [-0.4, -0.2) is 28.4 Å². The van der Waals surface area contributed by atoms with Gasteiger partial charge < -0.3 is 9.47 Å². The first-order valence-corrected chi connectivity index (χ1v) is 8.72. The number of anilines is 1. The molecule has 0 unspecified atom stereocenters. The van der Waals surface area contributed by atoms with Crippen molar-refractivity contribution in [3.8, 4) is 0 Å². The van der Waals surface area contributed by atoms with Gasteiger partial charge in [0.2, 0.25) is 0 Å². The van der Waals surface area contributed by atoms with E-state index >= 15 is 0 Å². The van der Waals surface area contributed by atoms with E-state index in [0.717, 1.165) is 6.07 Å². The number of piperidine rings is 1. The molecule has 0 bridgehead atoms. The van der Waals surface area contributed by atoms with Crippen LogP contribution in [0.1, 0.15) is 24.0 Å². The molecule has 2 aromatic rings. The van der Waals surface area contributed by atoms with Gasteiger partial charge in [0.25, 0.3) is 5.56 Å². The zero-order chi connectivity index (χ0) is 19.6.